The smallest absolute Gasteiger partial charge is 0.245 e. The van der Waals surface area contributed by atoms with Crippen molar-refractivity contribution in [1.82, 2.24) is 10.6 Å². The van der Waals surface area contributed by atoms with Gasteiger partial charge in [0, 0.05) is 13.0 Å². The van der Waals surface area contributed by atoms with Gasteiger partial charge in [-0.2, -0.15) is 0 Å². The second-order valence-electron chi connectivity index (χ2n) is 6.90. The van der Waals surface area contributed by atoms with Gasteiger partial charge in [-0.3, -0.25) is 9.59 Å². The summed E-state index contributed by atoms with van der Waals surface area (Å²) < 4.78 is 0. The maximum Gasteiger partial charge on any atom is 0.245 e. The fraction of sp³-hybridized carbons (Fsp3) is 0.600. The molecule has 2 N–H and O–H groups in total. The van der Waals surface area contributed by atoms with E-state index in [1.807, 2.05) is 6.92 Å². The van der Waals surface area contributed by atoms with Crippen LogP contribution in [0.4, 0.5) is 0 Å². The summed E-state index contributed by atoms with van der Waals surface area (Å²) in [6, 6.07) is 8.45. The Labute approximate surface area is 145 Å². The summed E-state index contributed by atoms with van der Waals surface area (Å²) in [4.78, 5) is 24.9. The first-order valence-electron chi connectivity index (χ1n) is 9.19. The number of carbonyl (C=O) groups is 2. The SMILES string of the molecule is CCNC(=O)C1(NC(=O)C[C@H](C)c2ccc(CC)cc2)CCCC1. The zero-order chi connectivity index (χ0) is 17.6. The summed E-state index contributed by atoms with van der Waals surface area (Å²) in [5.74, 6) is 0.0784. The van der Waals surface area contributed by atoms with E-state index in [1.165, 1.54) is 11.1 Å². The molecule has 132 valence electrons. The molecular formula is C20H30N2O2. The largest absolute Gasteiger partial charge is 0.354 e. The first-order valence-corrected chi connectivity index (χ1v) is 9.19. The highest BCUT2D eigenvalue weighted by Crippen LogP contribution is 2.30. The van der Waals surface area contributed by atoms with Crippen molar-refractivity contribution in [2.24, 2.45) is 0 Å². The predicted molar refractivity (Wildman–Crippen MR) is 96.9 cm³/mol. The van der Waals surface area contributed by atoms with E-state index in [1.54, 1.807) is 0 Å². The summed E-state index contributed by atoms with van der Waals surface area (Å²) in [5, 5.41) is 5.93. The number of likely N-dealkylation sites (N-methyl/N-ethyl adjacent to an activating group) is 1. The van der Waals surface area contributed by atoms with Crippen LogP contribution in [0.3, 0.4) is 0 Å². The zero-order valence-electron chi connectivity index (χ0n) is 15.2. The van der Waals surface area contributed by atoms with E-state index in [2.05, 4.69) is 48.7 Å². The van der Waals surface area contributed by atoms with Crippen LogP contribution in [0.15, 0.2) is 24.3 Å². The Balaban J connectivity index is 1.98. The number of rotatable bonds is 7. The van der Waals surface area contributed by atoms with Crippen LogP contribution in [0.25, 0.3) is 0 Å². The van der Waals surface area contributed by atoms with Crippen molar-refractivity contribution in [1.29, 1.82) is 0 Å². The molecule has 0 radical (unpaired) electrons. The van der Waals surface area contributed by atoms with Crippen molar-refractivity contribution < 1.29 is 9.59 Å². The van der Waals surface area contributed by atoms with Crippen LogP contribution in [-0.2, 0) is 16.0 Å². The molecule has 0 aliphatic heterocycles. The highest BCUT2D eigenvalue weighted by Gasteiger charge is 2.42. The molecule has 1 aliphatic rings. The maximum atomic E-state index is 12.5. The van der Waals surface area contributed by atoms with Crippen LogP contribution >= 0.6 is 0 Å². The molecule has 2 rings (SSSR count). The Kier molecular flexibility index (Phi) is 6.41. The predicted octanol–water partition coefficient (Wildman–Crippen LogP) is 3.31. The number of nitrogens with one attached hydrogen (secondary N) is 2. The summed E-state index contributed by atoms with van der Waals surface area (Å²) >= 11 is 0. The van der Waals surface area contributed by atoms with Gasteiger partial charge < -0.3 is 10.6 Å². The molecule has 0 aromatic heterocycles. The van der Waals surface area contributed by atoms with E-state index in [0.717, 1.165) is 32.1 Å². The normalized spacial score (nSPS) is 17.3. The van der Waals surface area contributed by atoms with Crippen LogP contribution in [0, 0.1) is 0 Å². The summed E-state index contributed by atoms with van der Waals surface area (Å²) in [6.45, 7) is 6.70. The van der Waals surface area contributed by atoms with E-state index in [0.29, 0.717) is 13.0 Å². The summed E-state index contributed by atoms with van der Waals surface area (Å²) in [7, 11) is 0. The van der Waals surface area contributed by atoms with E-state index >= 15 is 0 Å². The molecule has 0 saturated heterocycles. The van der Waals surface area contributed by atoms with Crippen LogP contribution in [-0.4, -0.2) is 23.9 Å². The minimum atomic E-state index is -0.696. The Hall–Kier alpha value is -1.84. The second kappa shape index (κ2) is 8.32. The quantitative estimate of drug-likeness (QED) is 0.806. The number of hydrogen-bond donors (Lipinski definition) is 2. The van der Waals surface area contributed by atoms with Gasteiger partial charge in [-0.05, 0) is 43.2 Å². The number of aryl methyl sites for hydroxylation is 1. The van der Waals surface area contributed by atoms with Crippen LogP contribution in [0.1, 0.15) is 69.9 Å². The van der Waals surface area contributed by atoms with Crippen molar-refractivity contribution in [3.8, 4) is 0 Å². The topological polar surface area (TPSA) is 58.2 Å². The van der Waals surface area contributed by atoms with Crippen molar-refractivity contribution in [3.63, 3.8) is 0 Å². The molecule has 1 saturated carbocycles. The molecule has 0 spiro atoms. The van der Waals surface area contributed by atoms with Crippen molar-refractivity contribution in [2.75, 3.05) is 6.54 Å². The van der Waals surface area contributed by atoms with Crippen molar-refractivity contribution in [3.05, 3.63) is 35.4 Å². The van der Waals surface area contributed by atoms with Gasteiger partial charge in [-0.15, -0.1) is 0 Å². The standard InChI is InChI=1S/C20H30N2O2/c1-4-16-8-10-17(11-9-16)15(3)14-18(23)22-20(12-6-7-13-20)19(24)21-5-2/h8-11,15H,4-7,12-14H2,1-3H3,(H,21,24)(H,22,23)/t15-/m0/s1. The Morgan fingerprint density at radius 1 is 1.12 bits per heavy atom. The molecule has 1 fully saturated rings. The number of amides is 2. The molecule has 0 heterocycles. The van der Waals surface area contributed by atoms with Gasteiger partial charge in [0.05, 0.1) is 0 Å². The monoisotopic (exact) mass is 330 g/mol. The fourth-order valence-electron chi connectivity index (χ4n) is 3.51. The molecule has 4 nitrogen and oxygen atoms in total. The third-order valence-corrected chi connectivity index (χ3v) is 5.06. The lowest BCUT2D eigenvalue weighted by atomic mass is 9.93. The Morgan fingerprint density at radius 3 is 2.29 bits per heavy atom. The van der Waals surface area contributed by atoms with E-state index in [9.17, 15) is 9.59 Å². The van der Waals surface area contributed by atoms with Gasteiger partial charge >= 0.3 is 0 Å². The van der Waals surface area contributed by atoms with Gasteiger partial charge in [-0.25, -0.2) is 0 Å². The summed E-state index contributed by atoms with van der Waals surface area (Å²) in [6.07, 6.45) is 4.89. The number of carbonyl (C=O) groups excluding carboxylic acids is 2. The minimum absolute atomic E-state index is 0.0317. The highest BCUT2D eigenvalue weighted by molar-refractivity contribution is 5.91. The van der Waals surface area contributed by atoms with Crippen molar-refractivity contribution >= 4 is 11.8 Å². The molecule has 2 amide bonds. The van der Waals surface area contributed by atoms with Crippen LogP contribution in [0.2, 0.25) is 0 Å². The van der Waals surface area contributed by atoms with E-state index in [-0.39, 0.29) is 17.7 Å². The second-order valence-corrected chi connectivity index (χ2v) is 6.90. The lowest BCUT2D eigenvalue weighted by Crippen LogP contribution is -2.57. The molecule has 0 unspecified atom stereocenters. The Bertz CT molecular complexity index is 560. The maximum absolute atomic E-state index is 12.5. The highest BCUT2D eigenvalue weighted by atomic mass is 16.2. The molecule has 24 heavy (non-hydrogen) atoms. The first kappa shape index (κ1) is 18.5. The van der Waals surface area contributed by atoms with Crippen LogP contribution in [0.5, 0.6) is 0 Å². The number of benzene rings is 1. The van der Waals surface area contributed by atoms with Crippen LogP contribution < -0.4 is 10.6 Å². The molecular weight excluding hydrogens is 300 g/mol. The first-order chi connectivity index (χ1) is 11.5. The molecule has 1 atom stereocenters. The fourth-order valence-corrected chi connectivity index (χ4v) is 3.51. The third kappa shape index (κ3) is 4.37. The van der Waals surface area contributed by atoms with Gasteiger partial charge in [-0.1, -0.05) is 51.0 Å². The molecule has 1 aromatic rings. The van der Waals surface area contributed by atoms with E-state index < -0.39 is 5.54 Å². The van der Waals surface area contributed by atoms with Gasteiger partial charge in [0.2, 0.25) is 11.8 Å². The van der Waals surface area contributed by atoms with Gasteiger partial charge in [0.15, 0.2) is 0 Å². The van der Waals surface area contributed by atoms with Crippen molar-refractivity contribution in [2.45, 2.75) is 70.8 Å². The average Bonchev–Trinajstić information content (AvgIpc) is 3.04. The molecule has 1 aliphatic carbocycles. The molecule has 0 bridgehead atoms. The number of hydrogen-bond acceptors (Lipinski definition) is 2. The average molecular weight is 330 g/mol. The molecule has 1 aromatic carbocycles. The lowest BCUT2D eigenvalue weighted by molar-refractivity contribution is -0.133. The third-order valence-electron chi connectivity index (χ3n) is 5.06. The summed E-state index contributed by atoms with van der Waals surface area (Å²) in [5.41, 5.74) is 1.77. The Morgan fingerprint density at radius 2 is 1.75 bits per heavy atom. The minimum Gasteiger partial charge on any atom is -0.354 e. The van der Waals surface area contributed by atoms with Gasteiger partial charge in [0.25, 0.3) is 0 Å². The van der Waals surface area contributed by atoms with Gasteiger partial charge in [0.1, 0.15) is 5.54 Å². The zero-order valence-corrected chi connectivity index (χ0v) is 15.2. The lowest BCUT2D eigenvalue weighted by Gasteiger charge is -2.29. The molecule has 4 heteroatoms. The van der Waals surface area contributed by atoms with E-state index in [4.69, 9.17) is 0 Å².